The largest absolute Gasteiger partial charge is 0.364 e. The first-order valence-electron chi connectivity index (χ1n) is 7.50. The van der Waals surface area contributed by atoms with E-state index in [1.807, 2.05) is 24.3 Å². The summed E-state index contributed by atoms with van der Waals surface area (Å²) in [5.74, 6) is 0. The summed E-state index contributed by atoms with van der Waals surface area (Å²) in [6.45, 7) is 5.81. The van der Waals surface area contributed by atoms with E-state index in [1.54, 1.807) is 7.05 Å². The third-order valence-electron chi connectivity index (χ3n) is 3.27. The van der Waals surface area contributed by atoms with E-state index in [0.29, 0.717) is 11.1 Å². The van der Waals surface area contributed by atoms with Crippen LogP contribution < -0.4 is 16.4 Å². The van der Waals surface area contributed by atoms with Crippen LogP contribution in [0.4, 0.5) is 0 Å². The minimum absolute atomic E-state index is 0.0144. The SMILES string of the molecule is CC1(C)COCN1.Cn1sc(Cl)cc1=O.O=c1[nH]sc2ccccc12. The predicted molar refractivity (Wildman–Crippen MR) is 105 cm³/mol. The first kappa shape index (κ1) is 19.9. The first-order valence-corrected chi connectivity index (χ1v) is 9.47. The summed E-state index contributed by atoms with van der Waals surface area (Å²) in [7, 11) is 1.68. The van der Waals surface area contributed by atoms with E-state index in [0.717, 1.165) is 16.7 Å². The highest BCUT2D eigenvalue weighted by Crippen LogP contribution is 2.11. The quantitative estimate of drug-likeness (QED) is 0.607. The molecule has 9 heteroatoms. The molecule has 0 saturated carbocycles. The lowest BCUT2D eigenvalue weighted by Crippen LogP contribution is -2.34. The fourth-order valence-corrected chi connectivity index (χ4v) is 3.58. The second kappa shape index (κ2) is 8.77. The van der Waals surface area contributed by atoms with E-state index in [4.69, 9.17) is 16.3 Å². The van der Waals surface area contributed by atoms with Crippen molar-refractivity contribution in [1.82, 2.24) is 13.6 Å². The Kier molecular flexibility index (Phi) is 6.97. The predicted octanol–water partition coefficient (Wildman–Crippen LogP) is 3.03. The molecule has 3 heterocycles. The van der Waals surface area contributed by atoms with Gasteiger partial charge in [-0.25, -0.2) is 0 Å². The van der Waals surface area contributed by atoms with E-state index >= 15 is 0 Å². The second-order valence-corrected chi connectivity index (χ2v) is 8.61. The number of halogens is 1. The van der Waals surface area contributed by atoms with Crippen molar-refractivity contribution in [2.24, 2.45) is 7.05 Å². The maximum Gasteiger partial charge on any atom is 0.265 e. The van der Waals surface area contributed by atoms with E-state index in [-0.39, 0.29) is 16.7 Å². The number of aryl methyl sites for hydroxylation is 1. The van der Waals surface area contributed by atoms with Crippen LogP contribution in [-0.4, -0.2) is 27.2 Å². The average Bonchev–Trinajstić information content (AvgIpc) is 3.22. The van der Waals surface area contributed by atoms with Crippen LogP contribution in [0.1, 0.15) is 13.8 Å². The Labute approximate surface area is 158 Å². The highest BCUT2D eigenvalue weighted by Gasteiger charge is 2.21. The maximum absolute atomic E-state index is 10.9. The van der Waals surface area contributed by atoms with E-state index in [1.165, 1.54) is 33.1 Å². The highest BCUT2D eigenvalue weighted by atomic mass is 35.5. The van der Waals surface area contributed by atoms with Crippen molar-refractivity contribution in [1.29, 1.82) is 0 Å². The van der Waals surface area contributed by atoms with Crippen LogP contribution in [0.5, 0.6) is 0 Å². The molecule has 25 heavy (non-hydrogen) atoms. The van der Waals surface area contributed by atoms with Gasteiger partial charge in [-0.3, -0.25) is 23.2 Å². The molecule has 0 radical (unpaired) electrons. The molecule has 1 aliphatic rings. The zero-order chi connectivity index (χ0) is 18.4. The maximum atomic E-state index is 10.9. The van der Waals surface area contributed by atoms with E-state index in [9.17, 15) is 9.59 Å². The molecule has 0 atom stereocenters. The molecule has 4 rings (SSSR count). The van der Waals surface area contributed by atoms with Gasteiger partial charge >= 0.3 is 0 Å². The number of benzene rings is 1. The smallest absolute Gasteiger partial charge is 0.265 e. The van der Waals surface area contributed by atoms with Crippen LogP contribution in [0.3, 0.4) is 0 Å². The fourth-order valence-electron chi connectivity index (χ4n) is 1.89. The Morgan fingerprint density at radius 1 is 1.28 bits per heavy atom. The van der Waals surface area contributed by atoms with Crippen LogP contribution in [0, 0.1) is 0 Å². The van der Waals surface area contributed by atoms with Gasteiger partial charge in [-0.15, -0.1) is 0 Å². The molecule has 2 N–H and O–H groups in total. The topological polar surface area (TPSA) is 76.1 Å². The molecule has 0 bridgehead atoms. The molecule has 0 unspecified atom stereocenters. The normalized spacial score (nSPS) is 15.2. The minimum atomic E-state index is -0.0417. The number of aromatic nitrogens is 2. The number of nitrogens with one attached hydrogen (secondary N) is 2. The van der Waals surface area contributed by atoms with Crippen LogP contribution in [0.2, 0.25) is 4.34 Å². The number of hydrogen-bond donors (Lipinski definition) is 2. The molecule has 0 aliphatic carbocycles. The first-order chi connectivity index (χ1) is 11.8. The fraction of sp³-hybridized carbons (Fsp3) is 0.375. The Balaban J connectivity index is 0.000000138. The Morgan fingerprint density at radius 3 is 2.40 bits per heavy atom. The Bertz CT molecular complexity index is 918. The second-order valence-electron chi connectivity index (χ2n) is 5.96. The number of nitrogens with zero attached hydrogens (tertiary/aromatic N) is 1. The van der Waals surface area contributed by atoms with Crippen LogP contribution in [-0.2, 0) is 11.8 Å². The lowest BCUT2D eigenvalue weighted by Gasteiger charge is -2.12. The number of rotatable bonds is 0. The molecule has 1 aliphatic heterocycles. The third-order valence-corrected chi connectivity index (χ3v) is 5.20. The number of ether oxygens (including phenoxy) is 1. The zero-order valence-electron chi connectivity index (χ0n) is 14.2. The molecule has 6 nitrogen and oxygen atoms in total. The Hall–Kier alpha value is -1.45. The van der Waals surface area contributed by atoms with E-state index in [2.05, 4.69) is 23.5 Å². The van der Waals surface area contributed by atoms with Crippen molar-refractivity contribution < 1.29 is 4.74 Å². The minimum Gasteiger partial charge on any atom is -0.364 e. The van der Waals surface area contributed by atoms with Gasteiger partial charge in [0.2, 0.25) is 0 Å². The van der Waals surface area contributed by atoms with Gasteiger partial charge < -0.3 is 4.74 Å². The van der Waals surface area contributed by atoms with Gasteiger partial charge in [0, 0.05) is 18.7 Å². The Morgan fingerprint density at radius 2 is 2.00 bits per heavy atom. The average molecular weight is 402 g/mol. The summed E-state index contributed by atoms with van der Waals surface area (Å²) in [6, 6.07) is 8.94. The van der Waals surface area contributed by atoms with Crippen molar-refractivity contribution in [3.8, 4) is 0 Å². The molecule has 1 aromatic carbocycles. The van der Waals surface area contributed by atoms with Crippen LogP contribution in [0.25, 0.3) is 10.1 Å². The highest BCUT2D eigenvalue weighted by molar-refractivity contribution is 7.13. The van der Waals surface area contributed by atoms with Gasteiger partial charge in [-0.05, 0) is 37.5 Å². The van der Waals surface area contributed by atoms with Gasteiger partial charge in [-0.1, -0.05) is 35.3 Å². The summed E-state index contributed by atoms with van der Waals surface area (Å²) in [4.78, 5) is 21.5. The number of aromatic amines is 1. The molecule has 1 saturated heterocycles. The summed E-state index contributed by atoms with van der Waals surface area (Å²) in [5, 5.41) is 3.96. The molecule has 0 spiro atoms. The molecule has 2 aromatic heterocycles. The molecular formula is C16H20ClN3O3S2. The van der Waals surface area contributed by atoms with Crippen molar-refractivity contribution in [2.45, 2.75) is 19.4 Å². The zero-order valence-corrected chi connectivity index (χ0v) is 16.6. The van der Waals surface area contributed by atoms with Crippen molar-refractivity contribution >= 4 is 44.8 Å². The lowest BCUT2D eigenvalue weighted by atomic mass is 10.1. The number of H-pyrrole nitrogens is 1. The molecule has 1 fully saturated rings. The standard InChI is InChI=1S/C7H5NOS.C5H11NO.C4H4ClNOS/c9-7-5-3-1-2-4-6(5)10-8-7;1-5(2)3-7-4-6-5;1-6-4(7)2-3(5)8-6/h1-4H,(H,8,9);6H,3-4H2,1-2H3;2H,1H3. The summed E-state index contributed by atoms with van der Waals surface area (Å²) in [5.41, 5.74) is 0.195. The van der Waals surface area contributed by atoms with Crippen LogP contribution >= 0.6 is 34.7 Å². The molecule has 0 amide bonds. The summed E-state index contributed by atoms with van der Waals surface area (Å²) in [6.07, 6.45) is 0. The molecule has 136 valence electrons. The number of hydrogen-bond acceptors (Lipinski definition) is 6. The van der Waals surface area contributed by atoms with Gasteiger partial charge in [0.1, 0.15) is 4.34 Å². The van der Waals surface area contributed by atoms with E-state index < -0.39 is 0 Å². The van der Waals surface area contributed by atoms with Gasteiger partial charge in [0.05, 0.1) is 23.4 Å². The molecule has 3 aromatic rings. The van der Waals surface area contributed by atoms with Crippen molar-refractivity contribution in [2.75, 3.05) is 13.3 Å². The monoisotopic (exact) mass is 401 g/mol. The lowest BCUT2D eigenvalue weighted by molar-refractivity contribution is 0.182. The number of fused-ring (bicyclic) bond motifs is 1. The van der Waals surface area contributed by atoms with Crippen LogP contribution in [0.15, 0.2) is 39.9 Å². The van der Waals surface area contributed by atoms with Gasteiger partial charge in [0.15, 0.2) is 0 Å². The summed E-state index contributed by atoms with van der Waals surface area (Å²) < 4.78 is 10.7. The van der Waals surface area contributed by atoms with Crippen molar-refractivity contribution in [3.05, 3.63) is 55.4 Å². The van der Waals surface area contributed by atoms with Gasteiger partial charge in [-0.2, -0.15) is 0 Å². The molecular weight excluding hydrogens is 382 g/mol. The van der Waals surface area contributed by atoms with Crippen molar-refractivity contribution in [3.63, 3.8) is 0 Å². The van der Waals surface area contributed by atoms with Gasteiger partial charge in [0.25, 0.3) is 11.1 Å². The summed E-state index contributed by atoms with van der Waals surface area (Å²) >= 11 is 8.08. The third kappa shape index (κ3) is 6.09.